The van der Waals surface area contributed by atoms with Gasteiger partial charge in [-0.15, -0.1) is 0 Å². The van der Waals surface area contributed by atoms with Crippen LogP contribution in [0, 0.1) is 15.9 Å². The lowest BCUT2D eigenvalue weighted by atomic mass is 10.3. The molecule has 25 heavy (non-hydrogen) atoms. The first-order valence-electron chi connectivity index (χ1n) is 6.96. The van der Waals surface area contributed by atoms with Crippen LogP contribution in [0.3, 0.4) is 0 Å². The minimum absolute atomic E-state index is 0.293. The molecule has 0 aliphatic heterocycles. The molecule has 0 atom stereocenters. The van der Waals surface area contributed by atoms with Crippen LogP contribution in [0.5, 0.6) is 0 Å². The van der Waals surface area contributed by atoms with Crippen molar-refractivity contribution in [2.75, 3.05) is 18.9 Å². The standard InChI is InChI=1S/C15H14FN3O5S/c1-18(10-15(20)17-12-7-5-11(16)6-8-12)25(23,24)14-4-2-3-13(9-14)19(21)22/h2-9H,10H2,1H3,(H,17,20). The summed E-state index contributed by atoms with van der Waals surface area (Å²) in [4.78, 5) is 21.7. The molecular formula is C15H14FN3O5S. The summed E-state index contributed by atoms with van der Waals surface area (Å²) in [5.74, 6) is -1.11. The molecule has 0 saturated carbocycles. The summed E-state index contributed by atoms with van der Waals surface area (Å²) in [6.45, 7) is -0.512. The van der Waals surface area contributed by atoms with E-state index in [1.807, 2.05) is 0 Å². The van der Waals surface area contributed by atoms with E-state index in [2.05, 4.69) is 5.32 Å². The van der Waals surface area contributed by atoms with E-state index in [9.17, 15) is 27.7 Å². The van der Waals surface area contributed by atoms with Crippen LogP contribution in [0.4, 0.5) is 15.8 Å². The lowest BCUT2D eigenvalue weighted by molar-refractivity contribution is -0.385. The van der Waals surface area contributed by atoms with Crippen LogP contribution >= 0.6 is 0 Å². The molecule has 10 heteroatoms. The number of nitro benzene ring substituents is 1. The number of hydrogen-bond acceptors (Lipinski definition) is 5. The highest BCUT2D eigenvalue weighted by atomic mass is 32.2. The summed E-state index contributed by atoms with van der Waals surface area (Å²) in [6, 6.07) is 9.51. The second-order valence-electron chi connectivity index (χ2n) is 5.07. The van der Waals surface area contributed by atoms with E-state index >= 15 is 0 Å². The van der Waals surface area contributed by atoms with Gasteiger partial charge in [-0.25, -0.2) is 12.8 Å². The molecule has 2 aromatic carbocycles. The van der Waals surface area contributed by atoms with Gasteiger partial charge in [-0.1, -0.05) is 6.07 Å². The average molecular weight is 367 g/mol. The Balaban J connectivity index is 2.11. The number of carbonyl (C=O) groups excluding carboxylic acids is 1. The summed E-state index contributed by atoms with van der Waals surface area (Å²) in [6.07, 6.45) is 0. The lowest BCUT2D eigenvalue weighted by Gasteiger charge is -2.16. The van der Waals surface area contributed by atoms with Crippen molar-refractivity contribution in [3.05, 3.63) is 64.5 Å². The second-order valence-corrected chi connectivity index (χ2v) is 7.12. The first-order chi connectivity index (χ1) is 11.7. The van der Waals surface area contributed by atoms with Crippen molar-refractivity contribution in [3.8, 4) is 0 Å². The lowest BCUT2D eigenvalue weighted by Crippen LogP contribution is -2.35. The van der Waals surface area contributed by atoms with E-state index in [0.29, 0.717) is 5.69 Å². The van der Waals surface area contributed by atoms with Crippen LogP contribution in [-0.4, -0.2) is 37.1 Å². The zero-order chi connectivity index (χ0) is 18.6. The Hall–Kier alpha value is -2.85. The van der Waals surface area contributed by atoms with E-state index < -0.39 is 33.2 Å². The topological polar surface area (TPSA) is 110 Å². The minimum Gasteiger partial charge on any atom is -0.325 e. The number of benzene rings is 2. The third kappa shape index (κ3) is 4.58. The highest BCUT2D eigenvalue weighted by Crippen LogP contribution is 2.20. The van der Waals surface area contributed by atoms with Crippen molar-refractivity contribution in [1.82, 2.24) is 4.31 Å². The zero-order valence-electron chi connectivity index (χ0n) is 13.0. The number of nitro groups is 1. The fourth-order valence-electron chi connectivity index (χ4n) is 1.96. The van der Waals surface area contributed by atoms with Crippen LogP contribution in [-0.2, 0) is 14.8 Å². The molecule has 0 unspecified atom stereocenters. The molecule has 0 bridgehead atoms. The van der Waals surface area contributed by atoms with Crippen molar-refractivity contribution in [2.45, 2.75) is 4.90 Å². The van der Waals surface area contributed by atoms with Gasteiger partial charge in [0.1, 0.15) is 5.82 Å². The molecule has 0 aliphatic carbocycles. The van der Waals surface area contributed by atoms with Crippen molar-refractivity contribution >= 4 is 27.3 Å². The molecular weight excluding hydrogens is 353 g/mol. The number of carbonyl (C=O) groups is 1. The van der Waals surface area contributed by atoms with Gasteiger partial charge in [0.15, 0.2) is 0 Å². The van der Waals surface area contributed by atoms with Crippen molar-refractivity contribution in [1.29, 1.82) is 0 Å². The smallest absolute Gasteiger partial charge is 0.270 e. The predicted molar refractivity (Wildman–Crippen MR) is 87.9 cm³/mol. The van der Waals surface area contributed by atoms with Crippen LogP contribution in [0.2, 0.25) is 0 Å². The molecule has 8 nitrogen and oxygen atoms in total. The normalized spacial score (nSPS) is 11.3. The Morgan fingerprint density at radius 3 is 2.48 bits per heavy atom. The molecule has 0 radical (unpaired) electrons. The average Bonchev–Trinajstić information content (AvgIpc) is 2.57. The Kier molecular flexibility index (Phi) is 5.45. The van der Waals surface area contributed by atoms with E-state index in [1.165, 1.54) is 37.4 Å². The summed E-state index contributed by atoms with van der Waals surface area (Å²) in [5.41, 5.74) is -0.0576. The van der Waals surface area contributed by atoms with Crippen LogP contribution in [0.25, 0.3) is 0 Å². The summed E-state index contributed by atoms with van der Waals surface area (Å²) >= 11 is 0. The maximum absolute atomic E-state index is 12.8. The predicted octanol–water partition coefficient (Wildman–Crippen LogP) is 1.99. The van der Waals surface area contributed by atoms with Crippen molar-refractivity contribution < 1.29 is 22.5 Å². The second kappa shape index (κ2) is 7.36. The number of amides is 1. The molecule has 0 aromatic heterocycles. The molecule has 132 valence electrons. The minimum atomic E-state index is -4.08. The maximum Gasteiger partial charge on any atom is 0.270 e. The number of anilines is 1. The third-order valence-corrected chi connectivity index (χ3v) is 5.03. The molecule has 2 aromatic rings. The van der Waals surface area contributed by atoms with Crippen molar-refractivity contribution in [2.24, 2.45) is 0 Å². The number of sulfonamides is 1. The van der Waals surface area contributed by atoms with Gasteiger partial charge in [0.05, 0.1) is 16.4 Å². The van der Waals surface area contributed by atoms with Gasteiger partial charge in [0.25, 0.3) is 5.69 Å². The quantitative estimate of drug-likeness (QED) is 0.620. The summed E-state index contributed by atoms with van der Waals surface area (Å²) < 4.78 is 38.4. The molecule has 0 fully saturated rings. The van der Waals surface area contributed by atoms with Gasteiger partial charge in [0, 0.05) is 24.9 Å². The number of likely N-dealkylation sites (N-methyl/N-ethyl adjacent to an activating group) is 1. The number of rotatable bonds is 6. The number of hydrogen-bond donors (Lipinski definition) is 1. The molecule has 0 spiro atoms. The number of nitrogens with one attached hydrogen (secondary N) is 1. The molecule has 1 N–H and O–H groups in total. The zero-order valence-corrected chi connectivity index (χ0v) is 13.9. The summed E-state index contributed by atoms with van der Waals surface area (Å²) in [5, 5.41) is 13.2. The van der Waals surface area contributed by atoms with E-state index in [0.717, 1.165) is 22.5 Å². The summed E-state index contributed by atoms with van der Waals surface area (Å²) in [7, 11) is -2.90. The van der Waals surface area contributed by atoms with Crippen LogP contribution < -0.4 is 5.32 Å². The van der Waals surface area contributed by atoms with Gasteiger partial charge in [-0.05, 0) is 30.3 Å². The van der Waals surface area contributed by atoms with Gasteiger partial charge in [0.2, 0.25) is 15.9 Å². The fraction of sp³-hybridized carbons (Fsp3) is 0.133. The number of non-ortho nitro benzene ring substituents is 1. The Bertz CT molecular complexity index is 900. The maximum atomic E-state index is 12.8. The molecule has 0 saturated heterocycles. The number of halogens is 1. The molecule has 2 rings (SSSR count). The van der Waals surface area contributed by atoms with Gasteiger partial charge >= 0.3 is 0 Å². The highest BCUT2D eigenvalue weighted by molar-refractivity contribution is 7.89. The SMILES string of the molecule is CN(CC(=O)Nc1ccc(F)cc1)S(=O)(=O)c1cccc([N+](=O)[O-])c1. The number of nitrogens with zero attached hydrogens (tertiary/aromatic N) is 2. The molecule has 0 heterocycles. The Labute approximate surface area is 143 Å². The Morgan fingerprint density at radius 2 is 1.88 bits per heavy atom. The van der Waals surface area contributed by atoms with E-state index in [4.69, 9.17) is 0 Å². The highest BCUT2D eigenvalue weighted by Gasteiger charge is 2.24. The van der Waals surface area contributed by atoms with E-state index in [1.54, 1.807) is 0 Å². The third-order valence-electron chi connectivity index (χ3n) is 3.23. The first-order valence-corrected chi connectivity index (χ1v) is 8.40. The van der Waals surface area contributed by atoms with Crippen molar-refractivity contribution in [3.63, 3.8) is 0 Å². The van der Waals surface area contributed by atoms with Gasteiger partial charge in [-0.3, -0.25) is 14.9 Å². The van der Waals surface area contributed by atoms with Crippen LogP contribution in [0.1, 0.15) is 0 Å². The monoisotopic (exact) mass is 367 g/mol. The molecule has 1 amide bonds. The first kappa shape index (κ1) is 18.5. The van der Waals surface area contributed by atoms with E-state index in [-0.39, 0.29) is 10.6 Å². The fourth-order valence-corrected chi connectivity index (χ4v) is 3.13. The van der Waals surface area contributed by atoms with Gasteiger partial charge in [-0.2, -0.15) is 4.31 Å². The Morgan fingerprint density at radius 1 is 1.24 bits per heavy atom. The molecule has 0 aliphatic rings. The van der Waals surface area contributed by atoms with Crippen LogP contribution in [0.15, 0.2) is 53.4 Å². The van der Waals surface area contributed by atoms with Gasteiger partial charge < -0.3 is 5.32 Å². The largest absolute Gasteiger partial charge is 0.325 e.